The zero-order valence-corrected chi connectivity index (χ0v) is 14.1. The minimum Gasteiger partial charge on any atom is -0.494 e. The highest BCUT2D eigenvalue weighted by molar-refractivity contribution is 6.17. The second kappa shape index (κ2) is 6.52. The lowest BCUT2D eigenvalue weighted by Crippen LogP contribution is -2.09. The molecule has 1 N–H and O–H groups in total. The summed E-state index contributed by atoms with van der Waals surface area (Å²) in [5, 5.41) is 9.33. The van der Waals surface area contributed by atoms with E-state index in [1.807, 2.05) is 16.1 Å². The van der Waals surface area contributed by atoms with E-state index in [4.69, 9.17) is 16.3 Å². The summed E-state index contributed by atoms with van der Waals surface area (Å²) in [6, 6.07) is 3.06. The molecule has 2 heterocycles. The molecule has 0 unspecified atom stereocenters. The van der Waals surface area contributed by atoms with Crippen LogP contribution in [-0.2, 0) is 19.0 Å². The number of methoxy groups -OCH3 is 1. The number of halogens is 1. The highest BCUT2D eigenvalue weighted by Gasteiger charge is 2.18. The lowest BCUT2D eigenvalue weighted by atomic mass is 10.2. The van der Waals surface area contributed by atoms with E-state index in [0.717, 1.165) is 12.2 Å². The predicted molar refractivity (Wildman–Crippen MR) is 89.8 cm³/mol. The highest BCUT2D eigenvalue weighted by atomic mass is 35.5. The number of fused-ring (bicyclic) bond motifs is 1. The maximum Gasteiger partial charge on any atom is 0.335 e. The molecule has 24 heavy (non-hydrogen) atoms. The zero-order chi connectivity index (χ0) is 17.3. The van der Waals surface area contributed by atoms with Crippen molar-refractivity contribution in [2.75, 3.05) is 7.11 Å². The number of hydrogen-bond acceptors (Lipinski definition) is 4. The van der Waals surface area contributed by atoms with Crippen LogP contribution in [0.2, 0.25) is 0 Å². The fraction of sp³-hybridized carbons (Fsp3) is 0.312. The maximum absolute atomic E-state index is 11.4. The van der Waals surface area contributed by atoms with E-state index < -0.39 is 5.97 Å². The number of hydrogen-bond donors (Lipinski definition) is 1. The average molecular weight is 349 g/mol. The quantitative estimate of drug-likeness (QED) is 0.693. The SMILES string of the molecule is CCn1cncc1Cn1c(CCl)nc2c(OC)cc(C(=O)O)cc21. The van der Waals surface area contributed by atoms with Crippen LogP contribution in [-0.4, -0.2) is 37.3 Å². The Hall–Kier alpha value is -2.54. The largest absolute Gasteiger partial charge is 0.494 e. The molecule has 0 radical (unpaired) electrons. The smallest absolute Gasteiger partial charge is 0.335 e. The summed E-state index contributed by atoms with van der Waals surface area (Å²) in [6.07, 6.45) is 3.55. The summed E-state index contributed by atoms with van der Waals surface area (Å²) in [4.78, 5) is 20.1. The lowest BCUT2D eigenvalue weighted by Gasteiger charge is -2.10. The van der Waals surface area contributed by atoms with Gasteiger partial charge in [0.15, 0.2) is 0 Å². The van der Waals surface area contributed by atoms with E-state index >= 15 is 0 Å². The van der Waals surface area contributed by atoms with Gasteiger partial charge in [0.2, 0.25) is 0 Å². The third-order valence-corrected chi connectivity index (χ3v) is 4.18. The molecule has 0 aliphatic rings. The second-order valence-electron chi connectivity index (χ2n) is 5.27. The highest BCUT2D eigenvalue weighted by Crippen LogP contribution is 2.29. The van der Waals surface area contributed by atoms with Crippen molar-refractivity contribution < 1.29 is 14.6 Å². The van der Waals surface area contributed by atoms with Gasteiger partial charge in [-0.1, -0.05) is 0 Å². The number of rotatable bonds is 6. The molecule has 3 rings (SSSR count). The van der Waals surface area contributed by atoms with Gasteiger partial charge in [0, 0.05) is 12.7 Å². The van der Waals surface area contributed by atoms with E-state index in [1.54, 1.807) is 18.6 Å². The molecule has 3 aromatic rings. The molecule has 0 aliphatic carbocycles. The first-order valence-electron chi connectivity index (χ1n) is 7.44. The normalized spacial score (nSPS) is 11.1. The van der Waals surface area contributed by atoms with E-state index in [1.165, 1.54) is 13.2 Å². The first-order chi connectivity index (χ1) is 11.6. The molecule has 0 amide bonds. The maximum atomic E-state index is 11.4. The molecule has 0 bridgehead atoms. The van der Waals surface area contributed by atoms with Crippen LogP contribution >= 0.6 is 11.6 Å². The van der Waals surface area contributed by atoms with Crippen molar-refractivity contribution in [3.8, 4) is 5.75 Å². The Balaban J connectivity index is 2.21. The van der Waals surface area contributed by atoms with Crippen LogP contribution in [0.3, 0.4) is 0 Å². The zero-order valence-electron chi connectivity index (χ0n) is 13.4. The van der Waals surface area contributed by atoms with E-state index in [-0.39, 0.29) is 11.4 Å². The Morgan fingerprint density at radius 3 is 2.83 bits per heavy atom. The predicted octanol–water partition coefficient (Wildman–Crippen LogP) is 2.75. The molecule has 0 saturated carbocycles. The minimum absolute atomic E-state index is 0.144. The van der Waals surface area contributed by atoms with Gasteiger partial charge in [-0.2, -0.15) is 0 Å². The number of benzene rings is 1. The number of ether oxygens (including phenoxy) is 1. The third kappa shape index (κ3) is 2.71. The van der Waals surface area contributed by atoms with Gasteiger partial charge in [-0.3, -0.25) is 0 Å². The topological polar surface area (TPSA) is 82.2 Å². The van der Waals surface area contributed by atoms with E-state index in [9.17, 15) is 9.90 Å². The van der Waals surface area contributed by atoms with Crippen molar-refractivity contribution in [1.29, 1.82) is 0 Å². The Kier molecular flexibility index (Phi) is 4.44. The van der Waals surface area contributed by atoms with Crippen molar-refractivity contribution in [3.05, 3.63) is 41.7 Å². The molecule has 0 atom stereocenters. The van der Waals surface area contributed by atoms with Crippen LogP contribution in [0.5, 0.6) is 5.75 Å². The summed E-state index contributed by atoms with van der Waals surface area (Å²) >= 11 is 6.05. The van der Waals surface area contributed by atoms with Crippen LogP contribution < -0.4 is 4.74 Å². The van der Waals surface area contributed by atoms with Gasteiger partial charge < -0.3 is 19.0 Å². The van der Waals surface area contributed by atoms with Gasteiger partial charge in [-0.05, 0) is 19.1 Å². The Labute approximate surface area is 143 Å². The van der Waals surface area contributed by atoms with Crippen molar-refractivity contribution >= 4 is 28.6 Å². The number of aryl methyl sites for hydroxylation is 1. The summed E-state index contributed by atoms with van der Waals surface area (Å²) in [6.45, 7) is 3.33. The Morgan fingerprint density at radius 1 is 1.42 bits per heavy atom. The summed E-state index contributed by atoms with van der Waals surface area (Å²) in [7, 11) is 1.49. The fourth-order valence-electron chi connectivity index (χ4n) is 2.72. The van der Waals surface area contributed by atoms with Crippen LogP contribution in [0.1, 0.15) is 28.8 Å². The summed E-state index contributed by atoms with van der Waals surface area (Å²) in [5.41, 5.74) is 2.40. The van der Waals surface area contributed by atoms with Crippen LogP contribution in [0.25, 0.3) is 11.0 Å². The van der Waals surface area contributed by atoms with Crippen molar-refractivity contribution in [2.24, 2.45) is 0 Å². The van der Waals surface area contributed by atoms with Crippen LogP contribution in [0.15, 0.2) is 24.7 Å². The number of imidazole rings is 2. The molecule has 8 heteroatoms. The summed E-state index contributed by atoms with van der Waals surface area (Å²) < 4.78 is 9.23. The van der Waals surface area contributed by atoms with Crippen LogP contribution in [0, 0.1) is 0 Å². The van der Waals surface area contributed by atoms with Gasteiger partial charge in [-0.15, -0.1) is 11.6 Å². The number of carbonyl (C=O) groups is 1. The molecule has 0 spiro atoms. The number of aromatic nitrogens is 4. The molecule has 2 aromatic heterocycles. The summed E-state index contributed by atoms with van der Waals surface area (Å²) in [5.74, 6) is 0.255. The number of nitrogens with zero attached hydrogens (tertiary/aromatic N) is 4. The van der Waals surface area contributed by atoms with Crippen molar-refractivity contribution in [2.45, 2.75) is 25.9 Å². The molecule has 0 aliphatic heterocycles. The Bertz CT molecular complexity index is 900. The lowest BCUT2D eigenvalue weighted by molar-refractivity contribution is 0.0696. The third-order valence-electron chi connectivity index (χ3n) is 3.94. The fourth-order valence-corrected chi connectivity index (χ4v) is 2.93. The number of carboxylic acid groups (broad SMARTS) is 1. The van der Waals surface area contributed by atoms with Gasteiger partial charge >= 0.3 is 5.97 Å². The monoisotopic (exact) mass is 348 g/mol. The van der Waals surface area contributed by atoms with Gasteiger partial charge in [0.25, 0.3) is 0 Å². The van der Waals surface area contributed by atoms with Crippen molar-refractivity contribution in [1.82, 2.24) is 19.1 Å². The molecular formula is C16H17ClN4O3. The number of aromatic carboxylic acids is 1. The molecule has 1 aromatic carbocycles. The van der Waals surface area contributed by atoms with Crippen molar-refractivity contribution in [3.63, 3.8) is 0 Å². The first-order valence-corrected chi connectivity index (χ1v) is 7.97. The minimum atomic E-state index is -1.02. The standard InChI is InChI=1S/C16H17ClN4O3/c1-3-20-9-18-7-11(20)8-21-12-4-10(16(22)23)5-13(24-2)15(12)19-14(21)6-17/h4-5,7,9H,3,6,8H2,1-2H3,(H,22,23). The average Bonchev–Trinajstić information content (AvgIpc) is 3.18. The second-order valence-corrected chi connectivity index (χ2v) is 5.54. The van der Waals surface area contributed by atoms with Gasteiger partial charge in [0.1, 0.15) is 17.1 Å². The number of alkyl halides is 1. The Morgan fingerprint density at radius 2 is 2.21 bits per heavy atom. The molecule has 0 fully saturated rings. The van der Waals surface area contributed by atoms with E-state index in [2.05, 4.69) is 9.97 Å². The molecule has 0 saturated heterocycles. The van der Waals surface area contributed by atoms with E-state index in [0.29, 0.717) is 29.2 Å². The number of carboxylic acids is 1. The first kappa shape index (κ1) is 16.3. The molecular weight excluding hydrogens is 332 g/mol. The molecule has 7 nitrogen and oxygen atoms in total. The van der Waals surface area contributed by atoms with Gasteiger partial charge in [0.05, 0.1) is 42.6 Å². The molecule has 126 valence electrons. The van der Waals surface area contributed by atoms with Gasteiger partial charge in [-0.25, -0.2) is 14.8 Å². The van der Waals surface area contributed by atoms with Crippen LogP contribution in [0.4, 0.5) is 0 Å².